The van der Waals surface area contributed by atoms with Crippen LogP contribution < -0.4 is 5.32 Å². The molecule has 2 heterocycles. The van der Waals surface area contributed by atoms with Crippen molar-refractivity contribution in [3.63, 3.8) is 0 Å². The number of carbonyl (C=O) groups excluding carboxylic acids is 1. The molecule has 2 aromatic heterocycles. The second-order valence-corrected chi connectivity index (χ2v) is 5.16. The van der Waals surface area contributed by atoms with Crippen LogP contribution in [0.3, 0.4) is 0 Å². The molecular weight excluding hydrogens is 290 g/mol. The van der Waals surface area contributed by atoms with Gasteiger partial charge in [0.1, 0.15) is 11.5 Å². The first-order valence-corrected chi connectivity index (χ1v) is 7.32. The average molecular weight is 307 g/mol. The number of hydrogen-bond acceptors (Lipinski definition) is 3. The van der Waals surface area contributed by atoms with Crippen LogP contribution in [0.15, 0.2) is 65.2 Å². The van der Waals surface area contributed by atoms with Crippen LogP contribution in [0.25, 0.3) is 6.08 Å². The van der Waals surface area contributed by atoms with E-state index in [1.54, 1.807) is 16.8 Å². The number of hydrogen-bond donors (Lipinski definition) is 1. The molecule has 0 bridgehead atoms. The third-order valence-corrected chi connectivity index (χ3v) is 3.24. The number of benzene rings is 1. The molecule has 23 heavy (non-hydrogen) atoms. The van der Waals surface area contributed by atoms with Crippen molar-refractivity contribution in [2.24, 2.45) is 0 Å². The van der Waals surface area contributed by atoms with Crippen LogP contribution in [0.4, 0.5) is 5.82 Å². The van der Waals surface area contributed by atoms with Gasteiger partial charge in [0.2, 0.25) is 5.91 Å². The smallest absolute Gasteiger partial charge is 0.249 e. The first kappa shape index (κ1) is 14.8. The third-order valence-electron chi connectivity index (χ3n) is 3.24. The Morgan fingerprint density at radius 3 is 2.78 bits per heavy atom. The van der Waals surface area contributed by atoms with Crippen LogP contribution in [0.5, 0.6) is 0 Å². The summed E-state index contributed by atoms with van der Waals surface area (Å²) in [5.41, 5.74) is 1.15. The number of furan rings is 1. The van der Waals surface area contributed by atoms with E-state index in [9.17, 15) is 4.79 Å². The van der Waals surface area contributed by atoms with Gasteiger partial charge in [-0.25, -0.2) is 0 Å². The zero-order valence-corrected chi connectivity index (χ0v) is 12.8. The average Bonchev–Trinajstić information content (AvgIpc) is 3.15. The standard InChI is InChI=1S/C18H17N3O2/c1-14-7-8-16(23-14)9-10-18(22)19-17-11-12-21(20-17)13-15-5-3-2-4-6-15/h2-12H,13H2,1H3,(H,19,20,22)/b10-9+. The van der Waals surface area contributed by atoms with E-state index in [0.29, 0.717) is 18.1 Å². The van der Waals surface area contributed by atoms with Gasteiger partial charge < -0.3 is 9.73 Å². The van der Waals surface area contributed by atoms with Crippen LogP contribution >= 0.6 is 0 Å². The van der Waals surface area contributed by atoms with E-state index in [2.05, 4.69) is 10.4 Å². The number of rotatable bonds is 5. The predicted octanol–water partition coefficient (Wildman–Crippen LogP) is 3.48. The van der Waals surface area contributed by atoms with Crippen molar-refractivity contribution in [3.05, 3.63) is 77.9 Å². The van der Waals surface area contributed by atoms with Crippen LogP contribution in [0.2, 0.25) is 0 Å². The highest BCUT2D eigenvalue weighted by molar-refractivity contribution is 6.01. The van der Waals surface area contributed by atoms with E-state index in [1.807, 2.05) is 55.6 Å². The Bertz CT molecular complexity index is 816. The summed E-state index contributed by atoms with van der Waals surface area (Å²) in [5, 5.41) is 7.06. The predicted molar refractivity (Wildman–Crippen MR) is 88.9 cm³/mol. The Balaban J connectivity index is 1.58. The summed E-state index contributed by atoms with van der Waals surface area (Å²) in [6.45, 7) is 2.52. The number of anilines is 1. The molecule has 3 rings (SSSR count). The van der Waals surface area contributed by atoms with E-state index in [1.165, 1.54) is 6.08 Å². The van der Waals surface area contributed by atoms with Gasteiger partial charge in [0.05, 0.1) is 6.54 Å². The minimum Gasteiger partial charge on any atom is -0.462 e. The lowest BCUT2D eigenvalue weighted by Crippen LogP contribution is -2.09. The fourth-order valence-corrected chi connectivity index (χ4v) is 2.16. The van der Waals surface area contributed by atoms with Crippen LogP contribution in [-0.4, -0.2) is 15.7 Å². The molecule has 0 saturated carbocycles. The lowest BCUT2D eigenvalue weighted by Gasteiger charge is -2.01. The summed E-state index contributed by atoms with van der Waals surface area (Å²) in [7, 11) is 0. The Morgan fingerprint density at radius 2 is 2.04 bits per heavy atom. The fraction of sp³-hybridized carbons (Fsp3) is 0.111. The minimum absolute atomic E-state index is 0.246. The van der Waals surface area contributed by atoms with E-state index in [4.69, 9.17) is 4.42 Å². The van der Waals surface area contributed by atoms with Gasteiger partial charge in [-0.2, -0.15) is 5.10 Å². The lowest BCUT2D eigenvalue weighted by atomic mass is 10.2. The highest BCUT2D eigenvalue weighted by atomic mass is 16.3. The van der Waals surface area contributed by atoms with Gasteiger partial charge >= 0.3 is 0 Å². The normalized spacial score (nSPS) is 11.0. The molecular formula is C18H17N3O2. The number of aromatic nitrogens is 2. The number of amides is 1. The summed E-state index contributed by atoms with van der Waals surface area (Å²) in [5.74, 6) is 1.73. The van der Waals surface area contributed by atoms with Gasteiger partial charge in [-0.3, -0.25) is 9.48 Å². The zero-order valence-electron chi connectivity index (χ0n) is 12.8. The lowest BCUT2D eigenvalue weighted by molar-refractivity contribution is -0.111. The molecule has 5 nitrogen and oxygen atoms in total. The Hall–Kier alpha value is -3.08. The maximum atomic E-state index is 11.9. The molecule has 1 N–H and O–H groups in total. The largest absolute Gasteiger partial charge is 0.462 e. The molecule has 116 valence electrons. The molecule has 0 unspecified atom stereocenters. The van der Waals surface area contributed by atoms with Gasteiger partial charge in [0.15, 0.2) is 5.82 Å². The molecule has 0 aliphatic rings. The van der Waals surface area contributed by atoms with Crippen molar-refractivity contribution in [3.8, 4) is 0 Å². The maximum Gasteiger partial charge on any atom is 0.249 e. The van der Waals surface area contributed by atoms with Gasteiger partial charge in [0, 0.05) is 18.3 Å². The summed E-state index contributed by atoms with van der Waals surface area (Å²) >= 11 is 0. The quantitative estimate of drug-likeness (QED) is 0.734. The molecule has 5 heteroatoms. The third kappa shape index (κ3) is 4.20. The maximum absolute atomic E-state index is 11.9. The second kappa shape index (κ2) is 6.79. The van der Waals surface area contributed by atoms with Crippen molar-refractivity contribution >= 4 is 17.8 Å². The van der Waals surface area contributed by atoms with Gasteiger partial charge in [-0.1, -0.05) is 30.3 Å². The van der Waals surface area contributed by atoms with E-state index >= 15 is 0 Å². The van der Waals surface area contributed by atoms with E-state index in [-0.39, 0.29) is 5.91 Å². The number of aryl methyl sites for hydroxylation is 1. The van der Waals surface area contributed by atoms with Gasteiger partial charge in [-0.15, -0.1) is 0 Å². The van der Waals surface area contributed by atoms with Crippen molar-refractivity contribution in [2.75, 3.05) is 5.32 Å². The number of nitrogens with zero attached hydrogens (tertiary/aromatic N) is 2. The number of nitrogens with one attached hydrogen (secondary N) is 1. The SMILES string of the molecule is Cc1ccc(/C=C/C(=O)Nc2ccn(Cc3ccccc3)n2)o1. The Labute approximate surface area is 134 Å². The van der Waals surface area contributed by atoms with Crippen molar-refractivity contribution in [1.29, 1.82) is 0 Å². The molecule has 0 atom stereocenters. The monoisotopic (exact) mass is 307 g/mol. The number of carbonyl (C=O) groups is 1. The molecule has 0 aliphatic carbocycles. The molecule has 0 radical (unpaired) electrons. The minimum atomic E-state index is -0.246. The van der Waals surface area contributed by atoms with Gasteiger partial charge in [-0.05, 0) is 30.7 Å². The highest BCUT2D eigenvalue weighted by Gasteiger charge is 2.03. The zero-order chi connectivity index (χ0) is 16.1. The molecule has 0 fully saturated rings. The van der Waals surface area contributed by atoms with E-state index < -0.39 is 0 Å². The Kier molecular flexibility index (Phi) is 4.38. The summed E-state index contributed by atoms with van der Waals surface area (Å²) in [4.78, 5) is 11.9. The van der Waals surface area contributed by atoms with Crippen molar-refractivity contribution in [1.82, 2.24) is 9.78 Å². The topological polar surface area (TPSA) is 60.1 Å². The van der Waals surface area contributed by atoms with Crippen LogP contribution in [0.1, 0.15) is 17.1 Å². The second-order valence-electron chi connectivity index (χ2n) is 5.16. The molecule has 0 saturated heterocycles. The van der Waals surface area contributed by atoms with Crippen molar-refractivity contribution in [2.45, 2.75) is 13.5 Å². The first-order chi connectivity index (χ1) is 11.2. The molecule has 1 aromatic carbocycles. The molecule has 1 amide bonds. The highest BCUT2D eigenvalue weighted by Crippen LogP contribution is 2.09. The summed E-state index contributed by atoms with van der Waals surface area (Å²) in [6.07, 6.45) is 4.89. The van der Waals surface area contributed by atoms with Crippen LogP contribution in [-0.2, 0) is 11.3 Å². The van der Waals surface area contributed by atoms with E-state index in [0.717, 1.165) is 11.3 Å². The van der Waals surface area contributed by atoms with Crippen LogP contribution in [0, 0.1) is 6.92 Å². The molecule has 0 aliphatic heterocycles. The van der Waals surface area contributed by atoms with Gasteiger partial charge in [0.25, 0.3) is 0 Å². The first-order valence-electron chi connectivity index (χ1n) is 7.32. The summed E-state index contributed by atoms with van der Waals surface area (Å²) < 4.78 is 7.15. The Morgan fingerprint density at radius 1 is 1.22 bits per heavy atom. The fourth-order valence-electron chi connectivity index (χ4n) is 2.16. The van der Waals surface area contributed by atoms with Crippen molar-refractivity contribution < 1.29 is 9.21 Å². The molecule has 0 spiro atoms. The summed E-state index contributed by atoms with van der Waals surface area (Å²) in [6, 6.07) is 15.5. The molecule has 3 aromatic rings.